The van der Waals surface area contributed by atoms with Gasteiger partial charge in [0.1, 0.15) is 0 Å². The summed E-state index contributed by atoms with van der Waals surface area (Å²) in [6.45, 7) is 3.60. The topological polar surface area (TPSA) is 35.5 Å². The quantitative estimate of drug-likeness (QED) is 0.785. The largest absolute Gasteiger partial charge is 0.471 e. The molecule has 0 aliphatic heterocycles. The molecule has 3 nitrogen and oxygen atoms in total. The molecule has 0 amide bonds. The number of carbonyl (C=O) groups excluding carboxylic acids is 1. The van der Waals surface area contributed by atoms with Gasteiger partial charge in [-0.25, -0.2) is 9.18 Å². The van der Waals surface area contributed by atoms with Crippen molar-refractivity contribution in [1.29, 1.82) is 0 Å². The Hall–Kier alpha value is -2.36. The number of benzene rings is 2. The third kappa shape index (κ3) is 3.60. The van der Waals surface area contributed by atoms with Crippen molar-refractivity contribution in [2.24, 2.45) is 0 Å². The number of carbonyl (C=O) groups is 1. The van der Waals surface area contributed by atoms with E-state index in [1.54, 1.807) is 50.2 Å². The molecule has 0 radical (unpaired) electrons. The molecule has 110 valence electrons. The Morgan fingerprint density at radius 3 is 2.52 bits per heavy atom. The Labute approximate surface area is 123 Å². The van der Waals surface area contributed by atoms with Crippen molar-refractivity contribution in [3.8, 4) is 5.75 Å². The van der Waals surface area contributed by atoms with E-state index in [1.807, 2.05) is 6.07 Å². The Kier molecular flexibility index (Phi) is 4.93. The second kappa shape index (κ2) is 6.88. The van der Waals surface area contributed by atoms with Crippen LogP contribution >= 0.6 is 0 Å². The molecule has 0 bridgehead atoms. The minimum Gasteiger partial charge on any atom is -0.471 e. The van der Waals surface area contributed by atoms with Crippen LogP contribution in [0.5, 0.6) is 5.75 Å². The molecular weight excluding hydrogens is 271 g/mol. The maximum Gasteiger partial charge on any atom is 0.352 e. The molecule has 1 unspecified atom stereocenters. The highest BCUT2D eigenvalue weighted by atomic mass is 19.1. The maximum absolute atomic E-state index is 14.0. The molecule has 0 aliphatic carbocycles. The lowest BCUT2D eigenvalue weighted by atomic mass is 10.1. The minimum absolute atomic E-state index is 0.0388. The molecule has 2 aromatic carbocycles. The van der Waals surface area contributed by atoms with E-state index in [4.69, 9.17) is 9.47 Å². The van der Waals surface area contributed by atoms with Crippen LogP contribution < -0.4 is 4.74 Å². The fourth-order valence-electron chi connectivity index (χ4n) is 1.94. The number of ether oxygens (including phenoxy) is 2. The van der Waals surface area contributed by atoms with Crippen molar-refractivity contribution >= 4 is 5.97 Å². The number of hydrogen-bond acceptors (Lipinski definition) is 3. The molecule has 4 heteroatoms. The second-order valence-corrected chi connectivity index (χ2v) is 4.55. The highest BCUT2D eigenvalue weighted by Gasteiger charge is 2.25. The van der Waals surface area contributed by atoms with Gasteiger partial charge in [-0.1, -0.05) is 42.5 Å². The second-order valence-electron chi connectivity index (χ2n) is 4.55. The van der Waals surface area contributed by atoms with Crippen LogP contribution in [0.1, 0.15) is 24.2 Å². The van der Waals surface area contributed by atoms with Crippen LogP contribution in [0.25, 0.3) is 0 Å². The van der Waals surface area contributed by atoms with Crippen molar-refractivity contribution in [1.82, 2.24) is 0 Å². The van der Waals surface area contributed by atoms with Gasteiger partial charge in [-0.15, -0.1) is 0 Å². The lowest BCUT2D eigenvalue weighted by Gasteiger charge is -2.18. The van der Waals surface area contributed by atoms with Crippen molar-refractivity contribution < 1.29 is 18.7 Å². The number of esters is 1. The third-order valence-corrected chi connectivity index (χ3v) is 3.00. The molecule has 21 heavy (non-hydrogen) atoms. The van der Waals surface area contributed by atoms with E-state index in [2.05, 4.69) is 0 Å². The average molecular weight is 288 g/mol. The van der Waals surface area contributed by atoms with Crippen LogP contribution in [0.2, 0.25) is 0 Å². The molecule has 0 N–H and O–H groups in total. The number of hydrogen-bond donors (Lipinski definition) is 0. The van der Waals surface area contributed by atoms with Crippen molar-refractivity contribution in [3.63, 3.8) is 0 Å². The van der Waals surface area contributed by atoms with Crippen LogP contribution in [-0.4, -0.2) is 12.6 Å². The van der Waals surface area contributed by atoms with Crippen LogP contribution in [-0.2, 0) is 9.53 Å². The van der Waals surface area contributed by atoms with Crippen LogP contribution in [0, 0.1) is 12.7 Å². The maximum atomic E-state index is 14.0. The molecule has 0 saturated carbocycles. The first-order valence-electron chi connectivity index (χ1n) is 6.76. The SMILES string of the molecule is CCOC(=O)C(Oc1cccc(C)c1F)c1ccccc1. The van der Waals surface area contributed by atoms with Gasteiger partial charge in [0.2, 0.25) is 6.10 Å². The van der Waals surface area contributed by atoms with Crippen molar-refractivity contribution in [3.05, 3.63) is 65.5 Å². The predicted molar refractivity (Wildman–Crippen MR) is 77.6 cm³/mol. The standard InChI is InChI=1S/C17H17FO3/c1-3-20-17(19)16(13-9-5-4-6-10-13)21-14-11-7-8-12(2)15(14)18/h4-11,16H,3H2,1-2H3. The van der Waals surface area contributed by atoms with E-state index in [0.29, 0.717) is 11.1 Å². The summed E-state index contributed by atoms with van der Waals surface area (Å²) in [4.78, 5) is 12.1. The first-order valence-corrected chi connectivity index (χ1v) is 6.76. The van der Waals surface area contributed by atoms with Crippen LogP contribution in [0.4, 0.5) is 4.39 Å². The zero-order valence-electron chi connectivity index (χ0n) is 12.0. The fraction of sp³-hybridized carbons (Fsp3) is 0.235. The van der Waals surface area contributed by atoms with E-state index < -0.39 is 17.9 Å². The van der Waals surface area contributed by atoms with Gasteiger partial charge in [-0.2, -0.15) is 0 Å². The minimum atomic E-state index is -0.984. The summed E-state index contributed by atoms with van der Waals surface area (Å²) in [5.74, 6) is -0.968. The van der Waals surface area contributed by atoms with E-state index in [1.165, 1.54) is 6.07 Å². The molecule has 0 aliphatic rings. The van der Waals surface area contributed by atoms with Gasteiger partial charge in [0.15, 0.2) is 11.6 Å². The van der Waals surface area contributed by atoms with Crippen LogP contribution in [0.3, 0.4) is 0 Å². The highest BCUT2D eigenvalue weighted by molar-refractivity contribution is 5.77. The molecule has 2 aromatic rings. The zero-order chi connectivity index (χ0) is 15.2. The number of aryl methyl sites for hydroxylation is 1. The van der Waals surface area contributed by atoms with Gasteiger partial charge in [0, 0.05) is 5.56 Å². The zero-order valence-corrected chi connectivity index (χ0v) is 12.0. The molecule has 2 rings (SSSR count). The van der Waals surface area contributed by atoms with Crippen LogP contribution in [0.15, 0.2) is 48.5 Å². The summed E-state index contributed by atoms with van der Waals surface area (Å²) in [7, 11) is 0. The normalized spacial score (nSPS) is 11.8. The van der Waals surface area contributed by atoms with E-state index in [9.17, 15) is 9.18 Å². The average Bonchev–Trinajstić information content (AvgIpc) is 2.50. The third-order valence-electron chi connectivity index (χ3n) is 3.00. The summed E-state index contributed by atoms with van der Waals surface area (Å²) in [5.41, 5.74) is 1.08. The van der Waals surface area contributed by atoms with Crippen molar-refractivity contribution in [2.75, 3.05) is 6.61 Å². The summed E-state index contributed by atoms with van der Waals surface area (Å²) in [5, 5.41) is 0. The molecular formula is C17H17FO3. The molecule has 0 saturated heterocycles. The predicted octanol–water partition coefficient (Wildman–Crippen LogP) is 3.82. The van der Waals surface area contributed by atoms with E-state index in [0.717, 1.165) is 0 Å². The number of rotatable bonds is 5. The van der Waals surface area contributed by atoms with Gasteiger partial charge in [-0.3, -0.25) is 0 Å². The lowest BCUT2D eigenvalue weighted by molar-refractivity contribution is -0.151. The molecule has 0 heterocycles. The van der Waals surface area contributed by atoms with Gasteiger partial charge >= 0.3 is 5.97 Å². The molecule has 1 atom stereocenters. The Bertz CT molecular complexity index is 611. The highest BCUT2D eigenvalue weighted by Crippen LogP contribution is 2.27. The Morgan fingerprint density at radius 1 is 1.14 bits per heavy atom. The van der Waals surface area contributed by atoms with Gasteiger partial charge in [0.25, 0.3) is 0 Å². The summed E-state index contributed by atoms with van der Waals surface area (Å²) in [6.07, 6.45) is -0.984. The fourth-order valence-corrected chi connectivity index (χ4v) is 1.94. The lowest BCUT2D eigenvalue weighted by Crippen LogP contribution is -2.22. The Balaban J connectivity index is 2.32. The van der Waals surface area contributed by atoms with E-state index in [-0.39, 0.29) is 12.4 Å². The van der Waals surface area contributed by atoms with Gasteiger partial charge < -0.3 is 9.47 Å². The summed E-state index contributed by atoms with van der Waals surface area (Å²) in [6, 6.07) is 13.7. The number of halogens is 1. The molecule has 0 spiro atoms. The molecule has 0 fully saturated rings. The van der Waals surface area contributed by atoms with Gasteiger partial charge in [-0.05, 0) is 25.5 Å². The summed E-state index contributed by atoms with van der Waals surface area (Å²) < 4.78 is 24.6. The smallest absolute Gasteiger partial charge is 0.352 e. The Morgan fingerprint density at radius 2 is 1.86 bits per heavy atom. The van der Waals surface area contributed by atoms with Crippen molar-refractivity contribution in [2.45, 2.75) is 20.0 Å². The summed E-state index contributed by atoms with van der Waals surface area (Å²) >= 11 is 0. The first kappa shape index (κ1) is 15.0. The van der Waals surface area contributed by atoms with E-state index >= 15 is 0 Å². The first-order chi connectivity index (χ1) is 10.1. The molecule has 0 aromatic heterocycles. The monoisotopic (exact) mass is 288 g/mol. The van der Waals surface area contributed by atoms with Gasteiger partial charge in [0.05, 0.1) is 6.61 Å².